The second-order valence-electron chi connectivity index (χ2n) is 4.85. The number of alkyl halides is 3. The van der Waals surface area contributed by atoms with Gasteiger partial charge in [0.15, 0.2) is 0 Å². The number of rotatable bonds is 1. The fraction of sp³-hybridized carbons (Fsp3) is 0.909. The lowest BCUT2D eigenvalue weighted by Gasteiger charge is -2.36. The maximum absolute atomic E-state index is 12.5. The third kappa shape index (κ3) is 3.14. The summed E-state index contributed by atoms with van der Waals surface area (Å²) in [4.78, 5) is 13.6. The number of carbonyl (C=O) groups excluding carboxylic acids is 1. The number of likely N-dealkylation sites (tertiary alicyclic amines) is 1. The van der Waals surface area contributed by atoms with Crippen molar-refractivity contribution in [2.45, 2.75) is 25.1 Å². The van der Waals surface area contributed by atoms with Crippen LogP contribution in [0.4, 0.5) is 13.2 Å². The van der Waals surface area contributed by atoms with E-state index in [9.17, 15) is 18.0 Å². The van der Waals surface area contributed by atoms with Gasteiger partial charge in [0.1, 0.15) is 0 Å². The highest BCUT2D eigenvalue weighted by molar-refractivity contribution is 5.82. The zero-order valence-electron chi connectivity index (χ0n) is 10.1. The Labute approximate surface area is 104 Å². The monoisotopic (exact) mass is 265 g/mol. The van der Waals surface area contributed by atoms with Crippen molar-refractivity contribution in [1.29, 1.82) is 0 Å². The van der Waals surface area contributed by atoms with E-state index in [1.807, 2.05) is 0 Å². The molecule has 2 N–H and O–H groups in total. The summed E-state index contributed by atoms with van der Waals surface area (Å²) in [6.07, 6.45) is -4.08. The molecule has 7 heteroatoms. The van der Waals surface area contributed by atoms with Crippen molar-refractivity contribution in [3.05, 3.63) is 0 Å². The summed E-state index contributed by atoms with van der Waals surface area (Å²) in [5.74, 6) is -1.33. The number of nitrogens with zero attached hydrogens (tertiary/aromatic N) is 1. The molecule has 2 heterocycles. The Balaban J connectivity index is 1.83. The van der Waals surface area contributed by atoms with E-state index >= 15 is 0 Å². The molecule has 0 spiro atoms. The van der Waals surface area contributed by atoms with Crippen LogP contribution in [0.3, 0.4) is 0 Å². The van der Waals surface area contributed by atoms with Crippen LogP contribution >= 0.6 is 0 Å². The van der Waals surface area contributed by atoms with Crippen molar-refractivity contribution in [2.75, 3.05) is 32.7 Å². The molecule has 18 heavy (non-hydrogen) atoms. The van der Waals surface area contributed by atoms with Gasteiger partial charge in [-0.2, -0.15) is 13.2 Å². The van der Waals surface area contributed by atoms with Gasteiger partial charge in [0.25, 0.3) is 0 Å². The Morgan fingerprint density at radius 1 is 1.17 bits per heavy atom. The lowest BCUT2D eigenvalue weighted by molar-refractivity contribution is -0.186. The minimum atomic E-state index is -4.13. The van der Waals surface area contributed by atoms with Crippen molar-refractivity contribution in [3.8, 4) is 0 Å². The van der Waals surface area contributed by atoms with Crippen molar-refractivity contribution in [1.82, 2.24) is 15.5 Å². The highest BCUT2D eigenvalue weighted by Crippen LogP contribution is 2.34. The van der Waals surface area contributed by atoms with Gasteiger partial charge in [-0.3, -0.25) is 4.79 Å². The molecule has 0 bridgehead atoms. The number of nitrogens with one attached hydrogen (secondary N) is 2. The number of amides is 1. The molecule has 0 aromatic heterocycles. The normalized spacial score (nSPS) is 27.3. The Kier molecular flexibility index (Phi) is 4.11. The van der Waals surface area contributed by atoms with E-state index in [2.05, 4.69) is 10.6 Å². The van der Waals surface area contributed by atoms with E-state index in [1.165, 1.54) is 0 Å². The third-order valence-corrected chi connectivity index (χ3v) is 3.61. The number of piperazine rings is 1. The van der Waals surface area contributed by atoms with Gasteiger partial charge in [-0.1, -0.05) is 0 Å². The third-order valence-electron chi connectivity index (χ3n) is 3.61. The Morgan fingerprint density at radius 3 is 2.33 bits per heavy atom. The smallest absolute Gasteiger partial charge is 0.341 e. The molecule has 0 aromatic carbocycles. The van der Waals surface area contributed by atoms with E-state index in [0.717, 1.165) is 13.1 Å². The number of hydrogen-bond acceptors (Lipinski definition) is 3. The number of piperidine rings is 1. The van der Waals surface area contributed by atoms with Crippen LogP contribution in [-0.4, -0.2) is 55.7 Å². The Morgan fingerprint density at radius 2 is 1.83 bits per heavy atom. The van der Waals surface area contributed by atoms with Crippen LogP contribution in [-0.2, 0) is 4.79 Å². The summed E-state index contributed by atoms with van der Waals surface area (Å²) in [5, 5.41) is 6.18. The topological polar surface area (TPSA) is 44.4 Å². The molecule has 2 saturated heterocycles. The first-order chi connectivity index (χ1) is 8.48. The summed E-state index contributed by atoms with van der Waals surface area (Å²) in [6.45, 7) is 2.51. The van der Waals surface area contributed by atoms with Crippen LogP contribution in [0.5, 0.6) is 0 Å². The molecule has 0 aromatic rings. The minimum absolute atomic E-state index is 0.0232. The molecule has 2 aliphatic rings. The molecule has 2 rings (SSSR count). The average Bonchev–Trinajstić information content (AvgIpc) is 2.38. The minimum Gasteiger partial charge on any atom is -0.341 e. The maximum Gasteiger partial charge on any atom is 0.391 e. The van der Waals surface area contributed by atoms with Gasteiger partial charge in [-0.05, 0) is 12.8 Å². The Bertz CT molecular complexity index is 294. The number of halogens is 3. The summed E-state index contributed by atoms with van der Waals surface area (Å²) in [5.41, 5.74) is 0. The molecule has 1 atom stereocenters. The zero-order chi connectivity index (χ0) is 13.2. The maximum atomic E-state index is 12.5. The van der Waals surface area contributed by atoms with Gasteiger partial charge in [0.05, 0.1) is 12.0 Å². The lowest BCUT2D eigenvalue weighted by atomic mass is 9.96. The van der Waals surface area contributed by atoms with Crippen molar-refractivity contribution in [2.24, 2.45) is 5.92 Å². The molecule has 0 saturated carbocycles. The molecule has 0 aliphatic carbocycles. The van der Waals surface area contributed by atoms with Crippen LogP contribution < -0.4 is 10.6 Å². The van der Waals surface area contributed by atoms with E-state index in [0.29, 0.717) is 6.54 Å². The quantitative estimate of drug-likeness (QED) is 0.719. The first kappa shape index (κ1) is 13.6. The van der Waals surface area contributed by atoms with E-state index in [-0.39, 0.29) is 37.9 Å². The SMILES string of the molecule is O=C(C1CNCCN1)N1CCC(C(F)(F)F)CC1. The second kappa shape index (κ2) is 5.44. The summed E-state index contributed by atoms with van der Waals surface area (Å²) in [6, 6.07) is -0.291. The first-order valence-corrected chi connectivity index (χ1v) is 6.28. The van der Waals surface area contributed by atoms with Gasteiger partial charge >= 0.3 is 6.18 Å². The van der Waals surface area contributed by atoms with E-state index < -0.39 is 12.1 Å². The van der Waals surface area contributed by atoms with Crippen LogP contribution in [0.25, 0.3) is 0 Å². The Hall–Kier alpha value is -0.820. The summed E-state index contributed by atoms with van der Waals surface area (Å²) < 4.78 is 37.5. The fourth-order valence-electron chi connectivity index (χ4n) is 2.48. The van der Waals surface area contributed by atoms with Gasteiger partial charge < -0.3 is 15.5 Å². The van der Waals surface area contributed by atoms with Gasteiger partial charge in [0.2, 0.25) is 5.91 Å². The van der Waals surface area contributed by atoms with Crippen molar-refractivity contribution >= 4 is 5.91 Å². The van der Waals surface area contributed by atoms with E-state index in [1.54, 1.807) is 4.90 Å². The van der Waals surface area contributed by atoms with Crippen LogP contribution in [0.15, 0.2) is 0 Å². The molecule has 1 unspecified atom stereocenters. The van der Waals surface area contributed by atoms with Crippen LogP contribution in [0.2, 0.25) is 0 Å². The average molecular weight is 265 g/mol. The van der Waals surface area contributed by atoms with Gasteiger partial charge in [-0.25, -0.2) is 0 Å². The highest BCUT2D eigenvalue weighted by atomic mass is 19.4. The largest absolute Gasteiger partial charge is 0.391 e. The second-order valence-corrected chi connectivity index (χ2v) is 4.85. The molecule has 2 aliphatic heterocycles. The lowest BCUT2D eigenvalue weighted by Crippen LogP contribution is -2.57. The number of carbonyl (C=O) groups is 1. The standard InChI is InChI=1S/C11H18F3N3O/c12-11(13,14)8-1-5-17(6-2-8)10(18)9-7-15-3-4-16-9/h8-9,15-16H,1-7H2. The van der Waals surface area contributed by atoms with Crippen molar-refractivity contribution < 1.29 is 18.0 Å². The highest BCUT2D eigenvalue weighted by Gasteiger charge is 2.42. The van der Waals surface area contributed by atoms with E-state index in [4.69, 9.17) is 0 Å². The summed E-state index contributed by atoms with van der Waals surface area (Å²) in [7, 11) is 0. The van der Waals surface area contributed by atoms with Gasteiger partial charge in [0, 0.05) is 32.7 Å². The van der Waals surface area contributed by atoms with Crippen molar-refractivity contribution in [3.63, 3.8) is 0 Å². The fourth-order valence-corrected chi connectivity index (χ4v) is 2.48. The predicted molar refractivity (Wildman–Crippen MR) is 60.0 cm³/mol. The molecule has 1 amide bonds. The first-order valence-electron chi connectivity index (χ1n) is 6.28. The molecule has 4 nitrogen and oxygen atoms in total. The zero-order valence-corrected chi connectivity index (χ0v) is 10.1. The summed E-state index contributed by atoms with van der Waals surface area (Å²) >= 11 is 0. The molecule has 2 fully saturated rings. The molecular formula is C11H18F3N3O. The van der Waals surface area contributed by atoms with Crippen LogP contribution in [0.1, 0.15) is 12.8 Å². The van der Waals surface area contributed by atoms with Crippen LogP contribution in [0, 0.1) is 5.92 Å². The number of hydrogen-bond donors (Lipinski definition) is 2. The van der Waals surface area contributed by atoms with Gasteiger partial charge in [-0.15, -0.1) is 0 Å². The molecule has 0 radical (unpaired) electrons. The molecular weight excluding hydrogens is 247 g/mol. The molecule has 104 valence electrons. The predicted octanol–water partition coefficient (Wildman–Crippen LogP) is 0.349.